The molecule has 3 nitrogen and oxygen atoms in total. The second-order valence-corrected chi connectivity index (χ2v) is 9.01. The highest BCUT2D eigenvalue weighted by Gasteiger charge is 2.31. The Bertz CT molecular complexity index is 818. The molecule has 4 N–H and O–H groups in total. The van der Waals surface area contributed by atoms with Gasteiger partial charge in [0.1, 0.15) is 0 Å². The fraction of sp³-hybridized carbons (Fsp3) is 0.480. The van der Waals surface area contributed by atoms with Gasteiger partial charge in [0, 0.05) is 22.5 Å². The fourth-order valence-corrected chi connectivity index (χ4v) is 4.32. The summed E-state index contributed by atoms with van der Waals surface area (Å²) in [5, 5.41) is 0. The summed E-state index contributed by atoms with van der Waals surface area (Å²) in [5.74, 6) is 0.955. The molecule has 0 aliphatic rings. The molecule has 152 valence electrons. The molecular formula is C25H36N2O. The van der Waals surface area contributed by atoms with Crippen LogP contribution < -0.4 is 11.5 Å². The van der Waals surface area contributed by atoms with Crippen molar-refractivity contribution in [1.82, 2.24) is 0 Å². The summed E-state index contributed by atoms with van der Waals surface area (Å²) in [7, 11) is 0. The van der Waals surface area contributed by atoms with Crippen molar-refractivity contribution in [2.24, 2.45) is 0 Å². The molecule has 0 saturated heterocycles. The van der Waals surface area contributed by atoms with E-state index < -0.39 is 0 Å². The van der Waals surface area contributed by atoms with Crippen molar-refractivity contribution >= 4 is 17.2 Å². The summed E-state index contributed by atoms with van der Waals surface area (Å²) in [6, 6.07) is 7.24. The van der Waals surface area contributed by atoms with E-state index in [0.29, 0.717) is 11.3 Å². The summed E-state index contributed by atoms with van der Waals surface area (Å²) < 4.78 is 0. The second-order valence-electron chi connectivity index (χ2n) is 9.01. The first-order chi connectivity index (χ1) is 13.0. The van der Waals surface area contributed by atoms with Crippen molar-refractivity contribution in [3.63, 3.8) is 0 Å². The van der Waals surface area contributed by atoms with Gasteiger partial charge in [0.2, 0.25) is 0 Å². The second kappa shape index (κ2) is 8.38. The van der Waals surface area contributed by atoms with Gasteiger partial charge in [-0.1, -0.05) is 55.4 Å². The largest absolute Gasteiger partial charge is 0.399 e. The monoisotopic (exact) mass is 380 g/mol. The molecule has 28 heavy (non-hydrogen) atoms. The first kappa shape index (κ1) is 22.0. The molecular weight excluding hydrogens is 344 g/mol. The van der Waals surface area contributed by atoms with Gasteiger partial charge in [0.05, 0.1) is 0 Å². The van der Waals surface area contributed by atoms with Gasteiger partial charge in [-0.2, -0.15) is 0 Å². The average molecular weight is 381 g/mol. The first-order valence-electron chi connectivity index (χ1n) is 10.4. The van der Waals surface area contributed by atoms with Crippen LogP contribution in [0.25, 0.3) is 0 Å². The maximum Gasteiger partial charge on any atom is 0.193 e. The summed E-state index contributed by atoms with van der Waals surface area (Å²) >= 11 is 0. The van der Waals surface area contributed by atoms with Gasteiger partial charge in [-0.25, -0.2) is 0 Å². The third-order valence-corrected chi connectivity index (χ3v) is 5.41. The molecule has 2 aromatic rings. The minimum absolute atomic E-state index is 0.0659. The third kappa shape index (κ3) is 3.94. The van der Waals surface area contributed by atoms with Gasteiger partial charge in [0.25, 0.3) is 0 Å². The smallest absolute Gasteiger partial charge is 0.193 e. The van der Waals surface area contributed by atoms with Crippen LogP contribution in [-0.4, -0.2) is 5.78 Å². The zero-order valence-corrected chi connectivity index (χ0v) is 18.7. The highest BCUT2D eigenvalue weighted by atomic mass is 16.1. The molecule has 0 aromatic heterocycles. The van der Waals surface area contributed by atoms with Crippen molar-refractivity contribution in [3.8, 4) is 0 Å². The highest BCUT2D eigenvalue weighted by molar-refractivity contribution is 6.12. The van der Waals surface area contributed by atoms with Crippen LogP contribution in [0.15, 0.2) is 24.3 Å². The summed E-state index contributed by atoms with van der Waals surface area (Å²) in [5.41, 5.74) is 20.1. The lowest BCUT2D eigenvalue weighted by molar-refractivity contribution is 0.103. The number of nitrogens with two attached hydrogens (primary N) is 2. The molecule has 0 aliphatic carbocycles. The minimum Gasteiger partial charge on any atom is -0.399 e. The number of rotatable bonds is 6. The Labute approximate surface area is 170 Å². The first-order valence-corrected chi connectivity index (χ1v) is 10.4. The molecule has 0 unspecified atom stereocenters. The van der Waals surface area contributed by atoms with E-state index in [4.69, 9.17) is 11.5 Å². The summed E-state index contributed by atoms with van der Waals surface area (Å²) in [4.78, 5) is 13.8. The lowest BCUT2D eigenvalue weighted by Crippen LogP contribution is -2.20. The molecule has 0 fully saturated rings. The Morgan fingerprint density at radius 3 is 1.32 bits per heavy atom. The van der Waals surface area contributed by atoms with Crippen molar-refractivity contribution in [3.05, 3.63) is 57.6 Å². The van der Waals surface area contributed by atoms with Gasteiger partial charge in [-0.05, 0) is 70.2 Å². The Hall–Kier alpha value is -2.29. The molecule has 0 atom stereocenters. The van der Waals surface area contributed by atoms with Crippen molar-refractivity contribution < 1.29 is 4.79 Å². The van der Waals surface area contributed by atoms with Crippen molar-refractivity contribution in [1.29, 1.82) is 0 Å². The molecule has 3 heteroatoms. The van der Waals surface area contributed by atoms with E-state index in [1.165, 1.54) is 0 Å². The Balaban J connectivity index is 3.02. The van der Waals surface area contributed by atoms with Crippen LogP contribution >= 0.6 is 0 Å². The van der Waals surface area contributed by atoms with Crippen LogP contribution in [0.4, 0.5) is 11.4 Å². The molecule has 0 radical (unpaired) electrons. The van der Waals surface area contributed by atoms with Gasteiger partial charge in [-0.3, -0.25) is 4.79 Å². The van der Waals surface area contributed by atoms with Crippen LogP contribution in [-0.2, 0) is 0 Å². The van der Waals surface area contributed by atoms with Gasteiger partial charge >= 0.3 is 0 Å². The standard InChI is InChI=1S/C25H36N2O/c1-13(2)19-21(15(5)6)24(27)22(16(7)8)20(14(3)4)23(19)25(28)17-9-11-18(26)12-10-17/h9-16H,26-27H2,1-8H3. The summed E-state index contributed by atoms with van der Waals surface area (Å²) in [6.45, 7) is 17.3. The van der Waals surface area contributed by atoms with E-state index in [9.17, 15) is 4.79 Å². The van der Waals surface area contributed by atoms with Crippen molar-refractivity contribution in [2.45, 2.75) is 79.1 Å². The zero-order valence-electron chi connectivity index (χ0n) is 18.7. The number of hydrogen-bond donors (Lipinski definition) is 2. The van der Waals surface area contributed by atoms with Crippen LogP contribution in [0.5, 0.6) is 0 Å². The molecule has 2 rings (SSSR count). The van der Waals surface area contributed by atoms with Gasteiger partial charge in [0.15, 0.2) is 5.78 Å². The topological polar surface area (TPSA) is 69.1 Å². The molecule has 2 aromatic carbocycles. The Morgan fingerprint density at radius 1 is 0.643 bits per heavy atom. The number of carbonyl (C=O) groups excluding carboxylic acids is 1. The van der Waals surface area contributed by atoms with E-state index in [2.05, 4.69) is 55.4 Å². The number of benzene rings is 2. The number of hydrogen-bond acceptors (Lipinski definition) is 3. The molecule has 0 saturated carbocycles. The number of anilines is 2. The summed E-state index contributed by atoms with van der Waals surface area (Å²) in [6.07, 6.45) is 0. The zero-order chi connectivity index (χ0) is 21.3. The van der Waals surface area contributed by atoms with Gasteiger partial charge in [-0.15, -0.1) is 0 Å². The van der Waals surface area contributed by atoms with E-state index in [-0.39, 0.29) is 29.5 Å². The van der Waals surface area contributed by atoms with E-state index in [1.807, 2.05) is 12.1 Å². The van der Waals surface area contributed by atoms with E-state index >= 15 is 0 Å². The SMILES string of the molecule is CC(C)c1c(N)c(C(C)C)c(C(C)C)c(C(=O)c2ccc(N)cc2)c1C(C)C. The predicted octanol–water partition coefficient (Wildman–Crippen LogP) is 6.58. The molecule has 0 aliphatic heterocycles. The number of nitrogen functional groups attached to an aromatic ring is 2. The predicted molar refractivity (Wildman–Crippen MR) is 121 cm³/mol. The van der Waals surface area contributed by atoms with E-state index in [0.717, 1.165) is 33.5 Å². The van der Waals surface area contributed by atoms with Gasteiger partial charge < -0.3 is 11.5 Å². The lowest BCUT2D eigenvalue weighted by atomic mass is 9.74. The molecule has 0 bridgehead atoms. The molecule has 0 spiro atoms. The molecule has 0 heterocycles. The van der Waals surface area contributed by atoms with Crippen molar-refractivity contribution in [2.75, 3.05) is 11.5 Å². The van der Waals surface area contributed by atoms with Crippen LogP contribution in [0.3, 0.4) is 0 Å². The fourth-order valence-electron chi connectivity index (χ4n) is 4.32. The van der Waals surface area contributed by atoms with E-state index in [1.54, 1.807) is 12.1 Å². The Morgan fingerprint density at radius 2 is 1.00 bits per heavy atom. The maximum absolute atomic E-state index is 13.8. The highest BCUT2D eigenvalue weighted by Crippen LogP contribution is 2.44. The maximum atomic E-state index is 13.8. The van der Waals surface area contributed by atoms with Crippen LogP contribution in [0.1, 0.15) is 117 Å². The van der Waals surface area contributed by atoms with Crippen LogP contribution in [0, 0.1) is 0 Å². The normalized spacial score (nSPS) is 11.9. The number of ketones is 1. The minimum atomic E-state index is 0.0659. The molecule has 0 amide bonds. The number of carbonyl (C=O) groups is 1. The quantitative estimate of drug-likeness (QED) is 0.439. The lowest BCUT2D eigenvalue weighted by Gasteiger charge is -2.31. The Kier molecular flexibility index (Phi) is 6.59. The third-order valence-electron chi connectivity index (χ3n) is 5.41. The average Bonchev–Trinajstić information content (AvgIpc) is 2.59. The van der Waals surface area contributed by atoms with Crippen LogP contribution in [0.2, 0.25) is 0 Å².